The van der Waals surface area contributed by atoms with Crippen LogP contribution in [0.5, 0.6) is 0 Å². The molecule has 0 radical (unpaired) electrons. The lowest BCUT2D eigenvalue weighted by Crippen LogP contribution is -2.10. The molecule has 0 bridgehead atoms. The Balaban J connectivity index is 0.000000204. The first kappa shape index (κ1) is 16.8. The highest BCUT2D eigenvalue weighted by Gasteiger charge is 2.18. The van der Waals surface area contributed by atoms with E-state index in [1.807, 2.05) is 13.3 Å². The van der Waals surface area contributed by atoms with E-state index in [1.165, 1.54) is 5.57 Å². The maximum atomic E-state index is 4.11. The molecule has 1 aliphatic heterocycles. The smallest absolute Gasteiger partial charge is 0.205 e. The summed E-state index contributed by atoms with van der Waals surface area (Å²) in [4.78, 5) is 4.11. The van der Waals surface area contributed by atoms with Crippen LogP contribution in [0.1, 0.15) is 46.6 Å². The number of hydrogen-bond donors (Lipinski definition) is 1. The van der Waals surface area contributed by atoms with Crippen LogP contribution in [0.15, 0.2) is 16.6 Å². The number of hydrogen-bond acceptors (Lipinski definition) is 5. The fraction of sp³-hybridized carbons (Fsp3) is 0.667. The molecule has 0 aliphatic carbocycles. The summed E-state index contributed by atoms with van der Waals surface area (Å²) in [6, 6.07) is 0. The topological polar surface area (TPSA) is 50.2 Å². The van der Waals surface area contributed by atoms with E-state index in [1.54, 1.807) is 11.3 Å². The van der Waals surface area contributed by atoms with Crippen molar-refractivity contribution in [1.29, 1.82) is 0 Å². The molecule has 0 atom stereocenters. The van der Waals surface area contributed by atoms with Gasteiger partial charge >= 0.3 is 0 Å². The Kier molecular flexibility index (Phi) is 5.45. The Hall–Kier alpha value is -1.23. The molecule has 4 nitrogen and oxygen atoms in total. The first-order chi connectivity index (χ1) is 9.14. The Bertz CT molecular complexity index is 487. The highest BCUT2D eigenvalue weighted by molar-refractivity contribution is 7.15. The molecule has 1 aromatic rings. The van der Waals surface area contributed by atoms with Gasteiger partial charge in [-0.15, -0.1) is 10.2 Å². The van der Waals surface area contributed by atoms with E-state index < -0.39 is 0 Å². The van der Waals surface area contributed by atoms with Crippen LogP contribution in [0, 0.1) is 5.41 Å². The minimum atomic E-state index is 0.118. The van der Waals surface area contributed by atoms with Crippen molar-refractivity contribution in [3.05, 3.63) is 16.7 Å². The van der Waals surface area contributed by atoms with Gasteiger partial charge in [0.1, 0.15) is 5.01 Å². The fourth-order valence-electron chi connectivity index (χ4n) is 1.46. The number of allylic oxidation sites excluding steroid dienone is 1. The predicted octanol–water partition coefficient (Wildman–Crippen LogP) is 3.92. The van der Waals surface area contributed by atoms with Gasteiger partial charge in [-0.05, 0) is 17.1 Å². The first-order valence-corrected chi connectivity index (χ1v) is 7.67. The summed E-state index contributed by atoms with van der Waals surface area (Å²) in [5, 5.41) is 12.9. The van der Waals surface area contributed by atoms with Crippen molar-refractivity contribution in [2.75, 3.05) is 18.9 Å². The van der Waals surface area contributed by atoms with Crippen molar-refractivity contribution in [1.82, 2.24) is 10.2 Å². The van der Waals surface area contributed by atoms with E-state index in [2.05, 4.69) is 68.1 Å². The van der Waals surface area contributed by atoms with E-state index in [-0.39, 0.29) is 5.41 Å². The SMILES string of the molecule is CC(C)(C)C1=CC=NC1.CNc1nnc(C(C)(C)C)s1. The summed E-state index contributed by atoms with van der Waals surface area (Å²) in [6.45, 7) is 13.9. The van der Waals surface area contributed by atoms with E-state index in [4.69, 9.17) is 0 Å². The second-order valence-electron chi connectivity index (χ2n) is 6.84. The summed E-state index contributed by atoms with van der Waals surface area (Å²) < 4.78 is 0. The first-order valence-electron chi connectivity index (χ1n) is 6.86. The van der Waals surface area contributed by atoms with E-state index in [0.29, 0.717) is 5.41 Å². The van der Waals surface area contributed by atoms with Gasteiger partial charge in [-0.2, -0.15) is 0 Å². The maximum absolute atomic E-state index is 4.11. The molecule has 0 amide bonds. The summed E-state index contributed by atoms with van der Waals surface area (Å²) >= 11 is 1.61. The van der Waals surface area contributed by atoms with Crippen molar-refractivity contribution < 1.29 is 0 Å². The quantitative estimate of drug-likeness (QED) is 0.854. The van der Waals surface area contributed by atoms with E-state index in [9.17, 15) is 0 Å². The van der Waals surface area contributed by atoms with Crippen LogP contribution in [0.25, 0.3) is 0 Å². The van der Waals surface area contributed by atoms with Crippen LogP contribution >= 0.6 is 11.3 Å². The molecule has 1 aliphatic rings. The minimum absolute atomic E-state index is 0.118. The number of nitrogens with one attached hydrogen (secondary N) is 1. The number of anilines is 1. The van der Waals surface area contributed by atoms with Gasteiger partial charge in [-0.25, -0.2) is 0 Å². The van der Waals surface area contributed by atoms with Crippen molar-refractivity contribution in [2.45, 2.75) is 47.0 Å². The van der Waals surface area contributed by atoms with Gasteiger partial charge in [-0.3, -0.25) is 4.99 Å². The lowest BCUT2D eigenvalue weighted by atomic mass is 9.87. The van der Waals surface area contributed by atoms with Gasteiger partial charge in [-0.1, -0.05) is 52.9 Å². The van der Waals surface area contributed by atoms with E-state index in [0.717, 1.165) is 16.7 Å². The molecule has 5 heteroatoms. The van der Waals surface area contributed by atoms with Crippen LogP contribution in [0.4, 0.5) is 5.13 Å². The molecule has 0 unspecified atom stereocenters. The normalized spacial score (nSPS) is 14.7. The summed E-state index contributed by atoms with van der Waals surface area (Å²) in [5.74, 6) is 0. The second-order valence-corrected chi connectivity index (χ2v) is 7.82. The largest absolute Gasteiger partial charge is 0.363 e. The van der Waals surface area contributed by atoms with Crippen LogP contribution in [-0.2, 0) is 5.41 Å². The molecule has 2 rings (SSSR count). The average Bonchev–Trinajstić information content (AvgIpc) is 3.00. The van der Waals surface area contributed by atoms with Gasteiger partial charge in [0, 0.05) is 18.7 Å². The average molecular weight is 294 g/mol. The molecule has 112 valence electrons. The lowest BCUT2D eigenvalue weighted by Gasteiger charge is -2.18. The number of aliphatic imine (C=N–C) groups is 1. The molecule has 20 heavy (non-hydrogen) atoms. The summed E-state index contributed by atoms with van der Waals surface area (Å²) in [5.41, 5.74) is 1.87. The Morgan fingerprint density at radius 2 is 1.70 bits per heavy atom. The predicted molar refractivity (Wildman–Crippen MR) is 89.1 cm³/mol. The van der Waals surface area contributed by atoms with Gasteiger partial charge in [0.2, 0.25) is 5.13 Å². The van der Waals surface area contributed by atoms with Crippen LogP contribution < -0.4 is 5.32 Å². The molecule has 0 aromatic carbocycles. The van der Waals surface area contributed by atoms with Gasteiger partial charge < -0.3 is 5.32 Å². The molecule has 0 fully saturated rings. The highest BCUT2D eigenvalue weighted by atomic mass is 32.1. The fourth-order valence-corrected chi connectivity index (χ4v) is 2.22. The molecular formula is C15H26N4S. The zero-order valence-corrected chi connectivity index (χ0v) is 14.4. The van der Waals surface area contributed by atoms with Crippen LogP contribution in [-0.4, -0.2) is 30.0 Å². The Labute approximate surface area is 126 Å². The monoisotopic (exact) mass is 294 g/mol. The number of rotatable bonds is 1. The standard InChI is InChI=1S/C8H13N.C7H13N3S/c1-8(2,3)7-4-5-9-6-7;1-7(2,3)5-9-10-6(8-4)11-5/h4-5H,6H2,1-3H3;1-4H3,(H,8,10). The van der Waals surface area contributed by atoms with Crippen LogP contribution in [0.3, 0.4) is 0 Å². The molecular weight excluding hydrogens is 268 g/mol. The maximum Gasteiger partial charge on any atom is 0.205 e. The third kappa shape index (κ3) is 5.04. The molecule has 0 saturated heterocycles. The zero-order valence-electron chi connectivity index (χ0n) is 13.6. The molecule has 2 heterocycles. The lowest BCUT2D eigenvalue weighted by molar-refractivity contribution is 0.499. The van der Waals surface area contributed by atoms with Crippen LogP contribution in [0.2, 0.25) is 0 Å². The van der Waals surface area contributed by atoms with Crippen molar-refractivity contribution in [3.8, 4) is 0 Å². The molecule has 1 aromatic heterocycles. The second kappa shape index (κ2) is 6.48. The Morgan fingerprint density at radius 3 is 1.95 bits per heavy atom. The highest BCUT2D eigenvalue weighted by Crippen LogP contribution is 2.27. The van der Waals surface area contributed by atoms with Gasteiger partial charge in [0.05, 0.1) is 6.54 Å². The van der Waals surface area contributed by atoms with Crippen molar-refractivity contribution in [3.63, 3.8) is 0 Å². The number of aromatic nitrogens is 2. The van der Waals surface area contributed by atoms with Gasteiger partial charge in [0.25, 0.3) is 0 Å². The Morgan fingerprint density at radius 1 is 1.05 bits per heavy atom. The summed E-state index contributed by atoms with van der Waals surface area (Å²) in [6.07, 6.45) is 4.00. The molecule has 0 saturated carbocycles. The third-order valence-corrected chi connectivity index (χ3v) is 4.25. The summed E-state index contributed by atoms with van der Waals surface area (Å²) in [7, 11) is 1.85. The van der Waals surface area contributed by atoms with E-state index >= 15 is 0 Å². The molecule has 0 spiro atoms. The number of nitrogens with zero attached hydrogens (tertiary/aromatic N) is 3. The van der Waals surface area contributed by atoms with Gasteiger partial charge in [0.15, 0.2) is 0 Å². The third-order valence-electron chi connectivity index (χ3n) is 2.89. The minimum Gasteiger partial charge on any atom is -0.363 e. The zero-order chi connectivity index (χ0) is 15.4. The van der Waals surface area contributed by atoms with Crippen molar-refractivity contribution in [2.24, 2.45) is 10.4 Å². The van der Waals surface area contributed by atoms with Crippen molar-refractivity contribution >= 4 is 22.7 Å². The molecule has 1 N–H and O–H groups in total.